The van der Waals surface area contributed by atoms with Crippen molar-refractivity contribution in [2.75, 3.05) is 20.3 Å². The largest absolute Gasteiger partial charge is 0.383 e. The molecule has 1 aromatic heterocycles. The Balaban J connectivity index is 1.74. The van der Waals surface area contributed by atoms with Crippen molar-refractivity contribution in [3.8, 4) is 0 Å². The Bertz CT molecular complexity index is 1040. The lowest BCUT2D eigenvalue weighted by molar-refractivity contribution is -0.124. The Morgan fingerprint density at radius 3 is 2.52 bits per heavy atom. The van der Waals surface area contributed by atoms with Gasteiger partial charge in [-0.2, -0.15) is 0 Å². The van der Waals surface area contributed by atoms with Crippen LogP contribution in [0.1, 0.15) is 39.1 Å². The van der Waals surface area contributed by atoms with Gasteiger partial charge in [-0.25, -0.2) is 0 Å². The van der Waals surface area contributed by atoms with Crippen molar-refractivity contribution in [3.05, 3.63) is 101 Å². The third-order valence-corrected chi connectivity index (χ3v) is 5.57. The van der Waals surface area contributed by atoms with Gasteiger partial charge in [-0.15, -0.1) is 0 Å². The number of hydrogen-bond acceptors (Lipinski definition) is 4. The molecule has 1 aliphatic heterocycles. The summed E-state index contributed by atoms with van der Waals surface area (Å²) in [6.07, 6.45) is 1.70. The standard InChI is InChI=1S/C25H25N3O3/c1-31-16-15-28-23(18-9-3-2-4-10-18)22(20-12-5-6-13-21(20)25(28)30)24(29)27-17-19-11-7-8-14-26-19/h2-14,22-23H,15-17H2,1H3,(H,27,29). The van der Waals surface area contributed by atoms with E-state index in [1.165, 1.54) is 0 Å². The lowest BCUT2D eigenvalue weighted by Crippen LogP contribution is -2.48. The molecule has 3 aromatic rings. The number of nitrogens with zero attached hydrogens (tertiary/aromatic N) is 2. The summed E-state index contributed by atoms with van der Waals surface area (Å²) < 4.78 is 5.26. The molecule has 2 atom stereocenters. The number of aromatic nitrogens is 1. The number of pyridine rings is 1. The molecular weight excluding hydrogens is 390 g/mol. The van der Waals surface area contributed by atoms with Crippen LogP contribution in [0.2, 0.25) is 0 Å². The maximum absolute atomic E-state index is 13.5. The second-order valence-electron chi connectivity index (χ2n) is 7.45. The third-order valence-electron chi connectivity index (χ3n) is 5.57. The first-order chi connectivity index (χ1) is 15.2. The van der Waals surface area contributed by atoms with Gasteiger partial charge >= 0.3 is 0 Å². The highest BCUT2D eigenvalue weighted by atomic mass is 16.5. The van der Waals surface area contributed by atoms with Gasteiger partial charge in [0.25, 0.3) is 5.91 Å². The molecular formula is C25H25N3O3. The SMILES string of the molecule is COCCN1C(=O)c2ccccc2C(C(=O)NCc2ccccn2)C1c1ccccc1. The van der Waals surface area contributed by atoms with Crippen LogP contribution in [0, 0.1) is 0 Å². The number of carbonyl (C=O) groups excluding carboxylic acids is 2. The average Bonchev–Trinajstić information content (AvgIpc) is 2.83. The molecule has 158 valence electrons. The molecule has 6 nitrogen and oxygen atoms in total. The van der Waals surface area contributed by atoms with Gasteiger partial charge in [-0.3, -0.25) is 14.6 Å². The highest BCUT2D eigenvalue weighted by Crippen LogP contribution is 2.42. The number of carbonyl (C=O) groups is 2. The number of fused-ring (bicyclic) bond motifs is 1. The zero-order valence-corrected chi connectivity index (χ0v) is 17.4. The van der Waals surface area contributed by atoms with Crippen LogP contribution in [-0.4, -0.2) is 42.0 Å². The van der Waals surface area contributed by atoms with Crippen molar-refractivity contribution >= 4 is 11.8 Å². The highest BCUT2D eigenvalue weighted by molar-refractivity contribution is 6.01. The van der Waals surface area contributed by atoms with Crippen molar-refractivity contribution in [1.82, 2.24) is 15.2 Å². The minimum Gasteiger partial charge on any atom is -0.383 e. The number of nitrogens with one attached hydrogen (secondary N) is 1. The molecule has 4 rings (SSSR count). The molecule has 6 heteroatoms. The molecule has 1 N–H and O–H groups in total. The Morgan fingerprint density at radius 1 is 1.03 bits per heavy atom. The summed E-state index contributed by atoms with van der Waals surface area (Å²) in [5.41, 5.74) is 3.00. The van der Waals surface area contributed by atoms with Crippen molar-refractivity contribution in [2.45, 2.75) is 18.5 Å². The lowest BCUT2D eigenvalue weighted by Gasteiger charge is -2.41. The summed E-state index contributed by atoms with van der Waals surface area (Å²) in [4.78, 5) is 33.0. The van der Waals surface area contributed by atoms with Crippen molar-refractivity contribution in [3.63, 3.8) is 0 Å². The molecule has 0 fully saturated rings. The molecule has 2 unspecified atom stereocenters. The molecule has 2 heterocycles. The van der Waals surface area contributed by atoms with Crippen LogP contribution < -0.4 is 5.32 Å². The molecule has 0 saturated heterocycles. The third kappa shape index (κ3) is 4.34. The number of ether oxygens (including phenoxy) is 1. The molecule has 0 radical (unpaired) electrons. The fraction of sp³-hybridized carbons (Fsp3) is 0.240. The summed E-state index contributed by atoms with van der Waals surface area (Å²) >= 11 is 0. The number of amides is 2. The fourth-order valence-electron chi connectivity index (χ4n) is 4.12. The Kier molecular flexibility index (Phi) is 6.38. The van der Waals surface area contributed by atoms with Crippen LogP contribution in [0.25, 0.3) is 0 Å². The molecule has 2 amide bonds. The van der Waals surface area contributed by atoms with Crippen LogP contribution in [0.4, 0.5) is 0 Å². The van der Waals surface area contributed by atoms with E-state index in [0.29, 0.717) is 25.3 Å². The average molecular weight is 415 g/mol. The molecule has 0 bridgehead atoms. The molecule has 2 aromatic carbocycles. The van der Waals surface area contributed by atoms with Crippen molar-refractivity contribution in [1.29, 1.82) is 0 Å². The molecule has 0 saturated carbocycles. The first-order valence-corrected chi connectivity index (χ1v) is 10.3. The number of benzene rings is 2. The van der Waals surface area contributed by atoms with Crippen molar-refractivity contribution in [2.24, 2.45) is 0 Å². The monoisotopic (exact) mass is 415 g/mol. The van der Waals surface area contributed by atoms with E-state index in [1.54, 1.807) is 24.3 Å². The minimum absolute atomic E-state index is 0.0877. The van der Waals surface area contributed by atoms with Gasteiger partial charge < -0.3 is 15.0 Å². The normalized spacial score (nSPS) is 17.8. The maximum Gasteiger partial charge on any atom is 0.254 e. The summed E-state index contributed by atoms with van der Waals surface area (Å²) in [6, 6.07) is 22.3. The van der Waals surface area contributed by atoms with E-state index in [0.717, 1.165) is 16.8 Å². The van der Waals surface area contributed by atoms with Gasteiger partial charge in [-0.1, -0.05) is 54.6 Å². The van der Waals surface area contributed by atoms with Gasteiger partial charge in [-0.05, 0) is 29.3 Å². The smallest absolute Gasteiger partial charge is 0.254 e. The minimum atomic E-state index is -0.545. The van der Waals surface area contributed by atoms with Gasteiger partial charge in [0, 0.05) is 25.4 Å². The summed E-state index contributed by atoms with van der Waals surface area (Å²) in [5, 5.41) is 3.03. The second kappa shape index (κ2) is 9.53. The predicted molar refractivity (Wildman–Crippen MR) is 117 cm³/mol. The van der Waals surface area contributed by atoms with Gasteiger partial charge in [0.2, 0.25) is 5.91 Å². The highest BCUT2D eigenvalue weighted by Gasteiger charge is 2.43. The van der Waals surface area contributed by atoms with E-state index in [-0.39, 0.29) is 11.8 Å². The van der Waals surface area contributed by atoms with E-state index in [1.807, 2.05) is 66.7 Å². The van der Waals surface area contributed by atoms with Crippen LogP contribution in [0.5, 0.6) is 0 Å². The topological polar surface area (TPSA) is 71.5 Å². The Morgan fingerprint density at radius 2 is 1.77 bits per heavy atom. The van der Waals surface area contributed by atoms with Crippen molar-refractivity contribution < 1.29 is 14.3 Å². The Hall–Kier alpha value is -3.51. The second-order valence-corrected chi connectivity index (χ2v) is 7.45. The number of methoxy groups -OCH3 is 1. The quantitative estimate of drug-likeness (QED) is 0.643. The van der Waals surface area contributed by atoms with Crippen LogP contribution in [-0.2, 0) is 16.1 Å². The Labute approximate surface area is 181 Å². The molecule has 0 spiro atoms. The number of rotatable bonds is 7. The van der Waals surface area contributed by atoms with Crippen LogP contribution in [0.3, 0.4) is 0 Å². The lowest BCUT2D eigenvalue weighted by atomic mass is 9.79. The van der Waals surface area contributed by atoms with E-state index in [4.69, 9.17) is 4.74 Å². The zero-order chi connectivity index (χ0) is 21.6. The van der Waals surface area contributed by atoms with Gasteiger partial charge in [0.15, 0.2) is 0 Å². The fourth-order valence-corrected chi connectivity index (χ4v) is 4.12. The van der Waals surface area contributed by atoms with Crippen LogP contribution >= 0.6 is 0 Å². The number of hydrogen-bond donors (Lipinski definition) is 1. The molecule has 31 heavy (non-hydrogen) atoms. The van der Waals surface area contributed by atoms with E-state index in [2.05, 4.69) is 10.3 Å². The summed E-state index contributed by atoms with van der Waals surface area (Å²) in [7, 11) is 1.61. The zero-order valence-electron chi connectivity index (χ0n) is 17.4. The summed E-state index contributed by atoms with van der Waals surface area (Å²) in [5.74, 6) is -0.769. The van der Waals surface area contributed by atoms with E-state index >= 15 is 0 Å². The molecule has 0 aliphatic carbocycles. The van der Waals surface area contributed by atoms with E-state index < -0.39 is 12.0 Å². The van der Waals surface area contributed by atoms with Gasteiger partial charge in [0.1, 0.15) is 0 Å². The predicted octanol–water partition coefficient (Wildman–Crippen LogP) is 3.33. The molecule has 1 aliphatic rings. The van der Waals surface area contributed by atoms with E-state index in [9.17, 15) is 9.59 Å². The van der Waals surface area contributed by atoms with Crippen LogP contribution in [0.15, 0.2) is 79.0 Å². The first-order valence-electron chi connectivity index (χ1n) is 10.3. The summed E-state index contributed by atoms with van der Waals surface area (Å²) in [6.45, 7) is 1.11. The van der Waals surface area contributed by atoms with Gasteiger partial charge in [0.05, 0.1) is 30.8 Å². The maximum atomic E-state index is 13.5. The first kappa shape index (κ1) is 20.8.